The van der Waals surface area contributed by atoms with Crippen LogP contribution in [-0.4, -0.2) is 22.3 Å². The van der Waals surface area contributed by atoms with Crippen LogP contribution in [0.4, 0.5) is 0 Å². The quantitative estimate of drug-likeness (QED) is 0.786. The van der Waals surface area contributed by atoms with Crippen LogP contribution < -0.4 is 0 Å². The lowest BCUT2D eigenvalue weighted by atomic mass is 10.1. The van der Waals surface area contributed by atoms with Crippen molar-refractivity contribution in [1.82, 2.24) is 10.2 Å². The van der Waals surface area contributed by atoms with Gasteiger partial charge in [0.1, 0.15) is 11.7 Å². The number of rotatable bonds is 3. The Morgan fingerprint density at radius 2 is 1.94 bits per heavy atom. The molecule has 0 aliphatic heterocycles. The highest BCUT2D eigenvalue weighted by atomic mass is 35.5. The summed E-state index contributed by atoms with van der Waals surface area (Å²) in [5.41, 5.74) is 0.133. The fourth-order valence-corrected chi connectivity index (χ4v) is 1.18. The molecule has 1 aromatic heterocycles. The minimum atomic E-state index is -0.539. The Morgan fingerprint density at radius 3 is 2.50 bits per heavy atom. The Labute approximate surface area is 104 Å². The molecule has 0 aliphatic carbocycles. The Bertz CT molecular complexity index is 396. The summed E-state index contributed by atoms with van der Waals surface area (Å²) < 4.78 is 5.18. The zero-order chi connectivity index (χ0) is 12.3. The highest BCUT2D eigenvalue weighted by molar-refractivity contribution is 6.33. The van der Waals surface area contributed by atoms with Crippen molar-refractivity contribution in [2.24, 2.45) is 5.92 Å². The molecular formula is C10H12Cl2N2O2. The molecule has 4 nitrogen and oxygen atoms in total. The average molecular weight is 263 g/mol. The molecule has 0 fully saturated rings. The molecule has 6 heteroatoms. The zero-order valence-electron chi connectivity index (χ0n) is 9.20. The first-order valence-electron chi connectivity index (χ1n) is 4.81. The number of carbonyl (C=O) groups is 1. The van der Waals surface area contributed by atoms with Crippen molar-refractivity contribution in [3.8, 4) is 0 Å². The molecule has 0 aromatic carbocycles. The van der Waals surface area contributed by atoms with E-state index < -0.39 is 5.97 Å². The van der Waals surface area contributed by atoms with Crippen molar-refractivity contribution >= 4 is 29.2 Å². The Kier molecular flexibility index (Phi) is 4.50. The third-order valence-electron chi connectivity index (χ3n) is 2.17. The summed E-state index contributed by atoms with van der Waals surface area (Å²) in [6.45, 7) is 5.72. The lowest BCUT2D eigenvalue weighted by Gasteiger charge is -2.16. The maximum absolute atomic E-state index is 11.7. The lowest BCUT2D eigenvalue weighted by Crippen LogP contribution is -2.20. The molecule has 0 radical (unpaired) electrons. The summed E-state index contributed by atoms with van der Waals surface area (Å²) in [5, 5.41) is 7.14. The van der Waals surface area contributed by atoms with Crippen LogP contribution in [0, 0.1) is 5.92 Å². The van der Waals surface area contributed by atoms with Crippen molar-refractivity contribution in [3.05, 3.63) is 21.9 Å². The van der Waals surface area contributed by atoms with Gasteiger partial charge in [0.2, 0.25) is 0 Å². The molecule has 16 heavy (non-hydrogen) atoms. The van der Waals surface area contributed by atoms with Crippen LogP contribution in [0.1, 0.15) is 31.1 Å². The van der Waals surface area contributed by atoms with Crippen molar-refractivity contribution in [2.45, 2.75) is 26.9 Å². The maximum atomic E-state index is 11.7. The minimum absolute atomic E-state index is 0.00893. The highest BCUT2D eigenvalue weighted by Gasteiger charge is 2.18. The van der Waals surface area contributed by atoms with E-state index in [-0.39, 0.29) is 27.9 Å². The molecule has 0 bridgehead atoms. The molecule has 0 N–H and O–H groups in total. The van der Waals surface area contributed by atoms with Gasteiger partial charge in [0, 0.05) is 0 Å². The number of hydrogen-bond acceptors (Lipinski definition) is 4. The van der Waals surface area contributed by atoms with Crippen molar-refractivity contribution in [1.29, 1.82) is 0 Å². The van der Waals surface area contributed by atoms with E-state index in [4.69, 9.17) is 27.9 Å². The zero-order valence-corrected chi connectivity index (χ0v) is 10.7. The molecular weight excluding hydrogens is 251 g/mol. The molecule has 1 aromatic rings. The summed E-state index contributed by atoms with van der Waals surface area (Å²) in [5.74, 6) is -0.309. The topological polar surface area (TPSA) is 52.1 Å². The number of ether oxygens (including phenoxy) is 1. The van der Waals surface area contributed by atoms with Gasteiger partial charge in [-0.15, -0.1) is 10.2 Å². The van der Waals surface area contributed by atoms with Crippen molar-refractivity contribution < 1.29 is 9.53 Å². The normalized spacial score (nSPS) is 12.6. The smallest absolute Gasteiger partial charge is 0.341 e. The summed E-state index contributed by atoms with van der Waals surface area (Å²) in [7, 11) is 0. The predicted molar refractivity (Wildman–Crippen MR) is 61.8 cm³/mol. The minimum Gasteiger partial charge on any atom is -0.459 e. The molecule has 88 valence electrons. The first-order valence-corrected chi connectivity index (χ1v) is 5.57. The molecule has 0 amide bonds. The number of hydrogen-bond donors (Lipinski definition) is 0. The first-order chi connectivity index (χ1) is 7.41. The highest BCUT2D eigenvalue weighted by Crippen LogP contribution is 2.18. The van der Waals surface area contributed by atoms with Crippen LogP contribution in [-0.2, 0) is 4.74 Å². The molecule has 0 spiro atoms. The largest absolute Gasteiger partial charge is 0.459 e. The molecule has 0 saturated heterocycles. The number of carbonyl (C=O) groups excluding carboxylic acids is 1. The summed E-state index contributed by atoms with van der Waals surface area (Å²) in [6.07, 6.45) is -0.199. The van der Waals surface area contributed by atoms with Gasteiger partial charge < -0.3 is 4.74 Å². The molecule has 1 heterocycles. The van der Waals surface area contributed by atoms with Crippen molar-refractivity contribution in [3.63, 3.8) is 0 Å². The van der Waals surface area contributed by atoms with Crippen LogP contribution in [0.3, 0.4) is 0 Å². The van der Waals surface area contributed by atoms with Gasteiger partial charge in [-0.05, 0) is 18.9 Å². The number of aromatic nitrogens is 2. The van der Waals surface area contributed by atoms with Gasteiger partial charge in [0.05, 0.1) is 0 Å². The van der Waals surface area contributed by atoms with Gasteiger partial charge in [-0.1, -0.05) is 37.0 Å². The standard InChI is InChI=1S/C10H12Cl2N2O2/c1-5(2)6(3)16-10(15)7-4-8(11)13-14-9(7)12/h4-6H,1-3H3. The molecule has 1 atom stereocenters. The first kappa shape index (κ1) is 13.2. The van der Waals surface area contributed by atoms with Crippen LogP contribution in [0.2, 0.25) is 10.3 Å². The molecule has 1 rings (SSSR count). The Balaban J connectivity index is 2.84. The van der Waals surface area contributed by atoms with Gasteiger partial charge in [0.25, 0.3) is 0 Å². The second-order valence-corrected chi connectivity index (χ2v) is 4.47. The van der Waals surface area contributed by atoms with Gasteiger partial charge in [-0.25, -0.2) is 4.79 Å². The number of halogens is 2. The van der Waals surface area contributed by atoms with E-state index in [1.807, 2.05) is 20.8 Å². The predicted octanol–water partition coefficient (Wildman–Crippen LogP) is 2.98. The molecule has 0 saturated carbocycles. The second-order valence-electron chi connectivity index (χ2n) is 3.73. The third-order valence-corrected chi connectivity index (χ3v) is 2.63. The van der Waals surface area contributed by atoms with Crippen LogP contribution in [0.15, 0.2) is 6.07 Å². The number of esters is 1. The third kappa shape index (κ3) is 3.32. The monoisotopic (exact) mass is 262 g/mol. The van der Waals surface area contributed by atoms with E-state index in [0.717, 1.165) is 0 Å². The summed E-state index contributed by atoms with van der Waals surface area (Å²) in [4.78, 5) is 11.7. The van der Waals surface area contributed by atoms with Gasteiger partial charge in [0.15, 0.2) is 10.3 Å². The van der Waals surface area contributed by atoms with E-state index in [0.29, 0.717) is 0 Å². The summed E-state index contributed by atoms with van der Waals surface area (Å²) in [6, 6.07) is 1.34. The van der Waals surface area contributed by atoms with Gasteiger partial charge in [-0.2, -0.15) is 0 Å². The van der Waals surface area contributed by atoms with E-state index in [2.05, 4.69) is 10.2 Å². The van der Waals surface area contributed by atoms with Crippen LogP contribution in [0.25, 0.3) is 0 Å². The second kappa shape index (κ2) is 5.46. The van der Waals surface area contributed by atoms with Gasteiger partial charge in [-0.3, -0.25) is 0 Å². The SMILES string of the molecule is CC(C)C(C)OC(=O)c1cc(Cl)nnc1Cl. The van der Waals surface area contributed by atoms with E-state index in [9.17, 15) is 4.79 Å². The fourth-order valence-electron chi connectivity index (χ4n) is 0.865. The lowest BCUT2D eigenvalue weighted by molar-refractivity contribution is 0.0237. The Morgan fingerprint density at radius 1 is 1.31 bits per heavy atom. The molecule has 1 unspecified atom stereocenters. The van der Waals surface area contributed by atoms with Gasteiger partial charge >= 0.3 is 5.97 Å². The number of nitrogens with zero attached hydrogens (tertiary/aromatic N) is 2. The fraction of sp³-hybridized carbons (Fsp3) is 0.500. The van der Waals surface area contributed by atoms with Crippen molar-refractivity contribution in [2.75, 3.05) is 0 Å². The maximum Gasteiger partial charge on any atom is 0.341 e. The Hall–Kier alpha value is -0.870. The molecule has 0 aliphatic rings. The van der Waals surface area contributed by atoms with E-state index in [1.54, 1.807) is 0 Å². The van der Waals surface area contributed by atoms with E-state index >= 15 is 0 Å². The van der Waals surface area contributed by atoms with E-state index in [1.165, 1.54) is 6.07 Å². The average Bonchev–Trinajstić information content (AvgIpc) is 2.21. The van der Waals surface area contributed by atoms with Crippen LogP contribution >= 0.6 is 23.2 Å². The van der Waals surface area contributed by atoms with Crippen LogP contribution in [0.5, 0.6) is 0 Å². The summed E-state index contributed by atoms with van der Waals surface area (Å²) >= 11 is 11.3.